The lowest BCUT2D eigenvalue weighted by atomic mass is 10.6. The van der Waals surface area contributed by atoms with Gasteiger partial charge < -0.3 is 9.26 Å². The molecule has 1 fully saturated rings. The smallest absolute Gasteiger partial charge is 0.349 e. The molecule has 1 rings (SSSR count). The summed E-state index contributed by atoms with van der Waals surface area (Å²) in [6.07, 6.45) is 0.259. The minimum Gasteiger partial charge on any atom is -0.372 e. The van der Waals surface area contributed by atoms with E-state index in [-0.39, 0.29) is 12.3 Å². The molecule has 2 N–H and O–H groups in total. The van der Waals surface area contributed by atoms with Crippen molar-refractivity contribution in [3.05, 3.63) is 0 Å². The van der Waals surface area contributed by atoms with Crippen molar-refractivity contribution in [3.63, 3.8) is 0 Å². The molecule has 0 amide bonds. The van der Waals surface area contributed by atoms with Gasteiger partial charge in [0.2, 0.25) is 0 Å². The first-order valence-electron chi connectivity index (χ1n) is 2.85. The number of epoxide rings is 1. The normalized spacial score (nSPS) is 29.6. The highest BCUT2D eigenvalue weighted by Crippen LogP contribution is 2.47. The standard InChI is InChI=1S/C4H10NO4P/c1-7-10(6,9-5)3-4-2-8-4/h4H,2-3,5H2,1H3. The molecule has 60 valence electrons. The molecule has 0 aromatic heterocycles. The van der Waals surface area contributed by atoms with E-state index in [1.807, 2.05) is 0 Å². The Morgan fingerprint density at radius 2 is 2.50 bits per heavy atom. The number of hydrogen-bond donors (Lipinski definition) is 1. The molecule has 0 radical (unpaired) electrons. The third-order valence-electron chi connectivity index (χ3n) is 1.27. The van der Waals surface area contributed by atoms with Gasteiger partial charge in [-0.1, -0.05) is 0 Å². The molecular formula is C4H10NO4P. The van der Waals surface area contributed by atoms with Crippen LogP contribution >= 0.6 is 7.60 Å². The molecule has 1 saturated heterocycles. The Balaban J connectivity index is 2.37. The molecule has 10 heavy (non-hydrogen) atoms. The summed E-state index contributed by atoms with van der Waals surface area (Å²) in [6, 6.07) is 0. The van der Waals surface area contributed by atoms with Gasteiger partial charge in [-0.3, -0.25) is 4.57 Å². The van der Waals surface area contributed by atoms with E-state index in [4.69, 9.17) is 10.6 Å². The molecule has 5 nitrogen and oxygen atoms in total. The Hall–Kier alpha value is 0.0700. The van der Waals surface area contributed by atoms with Crippen LogP contribution in [0.1, 0.15) is 0 Å². The van der Waals surface area contributed by atoms with E-state index in [1.165, 1.54) is 7.11 Å². The largest absolute Gasteiger partial charge is 0.372 e. The van der Waals surface area contributed by atoms with E-state index >= 15 is 0 Å². The first-order valence-corrected chi connectivity index (χ1v) is 4.58. The predicted octanol–water partition coefficient (Wildman–Crippen LogP) is 0.115. The lowest BCUT2D eigenvalue weighted by Gasteiger charge is -2.09. The molecule has 1 aliphatic rings. The van der Waals surface area contributed by atoms with Crippen molar-refractivity contribution in [2.45, 2.75) is 6.10 Å². The van der Waals surface area contributed by atoms with Crippen LogP contribution in [0.5, 0.6) is 0 Å². The summed E-state index contributed by atoms with van der Waals surface area (Å²) in [7, 11) is -1.72. The molecule has 1 aliphatic heterocycles. The molecule has 0 spiro atoms. The van der Waals surface area contributed by atoms with Crippen LogP contribution in [0.4, 0.5) is 0 Å². The fraction of sp³-hybridized carbons (Fsp3) is 1.00. The number of ether oxygens (including phenoxy) is 1. The molecule has 0 aromatic carbocycles. The maximum absolute atomic E-state index is 11.2. The molecular weight excluding hydrogens is 157 g/mol. The minimum atomic E-state index is -3.02. The molecule has 0 aliphatic carbocycles. The Kier molecular flexibility index (Phi) is 2.44. The summed E-state index contributed by atoms with van der Waals surface area (Å²) in [5.41, 5.74) is 0. The summed E-state index contributed by atoms with van der Waals surface area (Å²) in [5, 5.41) is 0. The molecule has 0 bridgehead atoms. The van der Waals surface area contributed by atoms with Crippen LogP contribution < -0.4 is 5.90 Å². The average Bonchev–Trinajstić information content (AvgIpc) is 2.72. The maximum Gasteiger partial charge on any atom is 0.349 e. The summed E-state index contributed by atoms with van der Waals surface area (Å²) in [4.78, 5) is 0. The van der Waals surface area contributed by atoms with Gasteiger partial charge in [-0.05, 0) is 0 Å². The SMILES string of the molecule is COP(=O)(CC1CO1)ON. The molecule has 2 unspecified atom stereocenters. The van der Waals surface area contributed by atoms with Crippen molar-refractivity contribution < 1.29 is 18.5 Å². The van der Waals surface area contributed by atoms with Gasteiger partial charge in [-0.15, -0.1) is 0 Å². The summed E-state index contributed by atoms with van der Waals surface area (Å²) in [6.45, 7) is 0.622. The van der Waals surface area contributed by atoms with Crippen LogP contribution in [0.2, 0.25) is 0 Å². The van der Waals surface area contributed by atoms with E-state index < -0.39 is 7.60 Å². The van der Waals surface area contributed by atoms with Crippen molar-refractivity contribution >= 4 is 7.60 Å². The van der Waals surface area contributed by atoms with Crippen LogP contribution in [-0.2, 0) is 18.5 Å². The zero-order valence-corrected chi connectivity index (χ0v) is 6.54. The second kappa shape index (κ2) is 2.98. The van der Waals surface area contributed by atoms with Gasteiger partial charge >= 0.3 is 7.60 Å². The third kappa shape index (κ3) is 2.04. The monoisotopic (exact) mass is 167 g/mol. The minimum absolute atomic E-state index is 0.00864. The zero-order valence-electron chi connectivity index (χ0n) is 5.65. The van der Waals surface area contributed by atoms with Gasteiger partial charge in [0.25, 0.3) is 0 Å². The number of nitrogens with two attached hydrogens (primary N) is 1. The van der Waals surface area contributed by atoms with E-state index in [1.54, 1.807) is 0 Å². The number of hydrogen-bond acceptors (Lipinski definition) is 5. The summed E-state index contributed by atoms with van der Waals surface area (Å²) >= 11 is 0. The highest BCUT2D eigenvalue weighted by atomic mass is 31.2. The van der Waals surface area contributed by atoms with Gasteiger partial charge in [-0.2, -0.15) is 0 Å². The molecule has 1 heterocycles. The van der Waals surface area contributed by atoms with Crippen LogP contribution in [-0.4, -0.2) is 26.0 Å². The van der Waals surface area contributed by atoms with E-state index in [2.05, 4.69) is 9.15 Å². The van der Waals surface area contributed by atoms with Gasteiger partial charge in [-0.25, -0.2) is 10.5 Å². The highest BCUT2D eigenvalue weighted by molar-refractivity contribution is 7.53. The maximum atomic E-state index is 11.2. The first-order chi connectivity index (χ1) is 4.70. The van der Waals surface area contributed by atoms with Gasteiger partial charge in [0.1, 0.15) is 0 Å². The zero-order chi connectivity index (χ0) is 7.61. The van der Waals surface area contributed by atoms with Gasteiger partial charge in [0, 0.05) is 7.11 Å². The van der Waals surface area contributed by atoms with E-state index in [9.17, 15) is 4.57 Å². The van der Waals surface area contributed by atoms with Crippen molar-refractivity contribution in [3.8, 4) is 0 Å². The predicted molar refractivity (Wildman–Crippen MR) is 34.5 cm³/mol. The molecule has 0 saturated carbocycles. The van der Waals surface area contributed by atoms with Gasteiger partial charge in [0.05, 0.1) is 18.9 Å². The first kappa shape index (κ1) is 8.17. The van der Waals surface area contributed by atoms with Crippen molar-refractivity contribution in [1.82, 2.24) is 0 Å². The van der Waals surface area contributed by atoms with Crippen molar-refractivity contribution in [2.75, 3.05) is 19.9 Å². The van der Waals surface area contributed by atoms with Crippen LogP contribution in [0.3, 0.4) is 0 Å². The lowest BCUT2D eigenvalue weighted by Crippen LogP contribution is -2.06. The lowest BCUT2D eigenvalue weighted by molar-refractivity contribution is 0.236. The second-order valence-corrected chi connectivity index (χ2v) is 4.20. The molecule has 0 aromatic rings. The Bertz CT molecular complexity index is 149. The van der Waals surface area contributed by atoms with Crippen molar-refractivity contribution in [1.29, 1.82) is 0 Å². The van der Waals surface area contributed by atoms with E-state index in [0.29, 0.717) is 6.61 Å². The van der Waals surface area contributed by atoms with E-state index in [0.717, 1.165) is 0 Å². The number of rotatable bonds is 4. The van der Waals surface area contributed by atoms with Crippen molar-refractivity contribution in [2.24, 2.45) is 5.90 Å². The molecule has 6 heteroatoms. The van der Waals surface area contributed by atoms with Gasteiger partial charge in [0.15, 0.2) is 0 Å². The average molecular weight is 167 g/mol. The van der Waals surface area contributed by atoms with Crippen LogP contribution in [0.25, 0.3) is 0 Å². The summed E-state index contributed by atoms with van der Waals surface area (Å²) in [5.74, 6) is 4.75. The van der Waals surface area contributed by atoms with Crippen LogP contribution in [0, 0.1) is 0 Å². The Morgan fingerprint density at radius 3 is 2.80 bits per heavy atom. The topological polar surface area (TPSA) is 74.1 Å². The second-order valence-electron chi connectivity index (χ2n) is 2.04. The quantitative estimate of drug-likeness (QED) is 0.365. The summed E-state index contributed by atoms with van der Waals surface area (Å²) < 4.78 is 24.7. The van der Waals surface area contributed by atoms with Crippen LogP contribution in [0.15, 0.2) is 0 Å². The Labute approximate surface area is 58.9 Å². The fourth-order valence-electron chi connectivity index (χ4n) is 0.583. The third-order valence-corrected chi connectivity index (χ3v) is 3.00. The molecule has 2 atom stereocenters. The fourth-order valence-corrected chi connectivity index (χ4v) is 1.61. The Morgan fingerprint density at radius 1 is 1.90 bits per heavy atom. The highest BCUT2D eigenvalue weighted by Gasteiger charge is 2.34.